The maximum atomic E-state index is 4.95. The second-order valence-electron chi connectivity index (χ2n) is 2.28. The summed E-state index contributed by atoms with van der Waals surface area (Å²) in [6.07, 6.45) is 1.57. The number of methoxy groups -OCH3 is 1. The lowest BCUT2D eigenvalue weighted by Gasteiger charge is -2.03. The van der Waals surface area contributed by atoms with E-state index < -0.39 is 0 Å². The Morgan fingerprint density at radius 3 is 3.10 bits per heavy atom. The minimum Gasteiger partial charge on any atom is -0.384 e. The van der Waals surface area contributed by atoms with Crippen molar-refractivity contribution >= 4 is 0 Å². The molecule has 0 bridgehead atoms. The molecule has 1 aromatic heterocycles. The predicted octanol–water partition coefficient (Wildman–Crippen LogP) is 1.42. The third kappa shape index (κ3) is 1.57. The van der Waals surface area contributed by atoms with E-state index in [1.807, 2.05) is 13.0 Å². The van der Waals surface area contributed by atoms with Crippen molar-refractivity contribution in [3.63, 3.8) is 0 Å². The van der Waals surface area contributed by atoms with Gasteiger partial charge in [-0.1, -0.05) is 12.1 Å². The Hall–Kier alpha value is -0.830. The quantitative estimate of drug-likeness (QED) is 0.638. The van der Waals surface area contributed by atoms with Crippen molar-refractivity contribution in [3.8, 4) is 0 Å². The van der Waals surface area contributed by atoms with Crippen molar-refractivity contribution in [1.82, 2.24) is 5.16 Å². The van der Waals surface area contributed by atoms with E-state index in [2.05, 4.69) is 9.68 Å². The van der Waals surface area contributed by atoms with Gasteiger partial charge in [-0.05, 0) is 0 Å². The first kappa shape index (κ1) is 7.28. The molecule has 1 atom stereocenters. The minimum atomic E-state index is 0.323. The molecular formula is C7H11NO2. The molecule has 56 valence electrons. The molecule has 1 heterocycles. The summed E-state index contributed by atoms with van der Waals surface area (Å²) in [5, 5.41) is 3.78. The highest BCUT2D eigenvalue weighted by Gasteiger charge is 2.06. The average Bonchev–Trinajstić information content (AvgIpc) is 2.38. The van der Waals surface area contributed by atoms with Gasteiger partial charge >= 0.3 is 0 Å². The van der Waals surface area contributed by atoms with Crippen molar-refractivity contribution in [2.45, 2.75) is 12.8 Å². The van der Waals surface area contributed by atoms with Crippen molar-refractivity contribution < 1.29 is 9.26 Å². The summed E-state index contributed by atoms with van der Waals surface area (Å²) in [4.78, 5) is 0. The van der Waals surface area contributed by atoms with E-state index in [0.29, 0.717) is 12.5 Å². The Morgan fingerprint density at radius 1 is 1.80 bits per heavy atom. The van der Waals surface area contributed by atoms with E-state index in [0.717, 1.165) is 5.69 Å². The number of hydrogen-bond donors (Lipinski definition) is 0. The third-order valence-electron chi connectivity index (χ3n) is 1.38. The van der Waals surface area contributed by atoms with E-state index in [1.54, 1.807) is 13.4 Å². The lowest BCUT2D eigenvalue weighted by atomic mass is 10.1. The highest BCUT2D eigenvalue weighted by molar-refractivity contribution is 5.01. The first-order valence-electron chi connectivity index (χ1n) is 3.24. The van der Waals surface area contributed by atoms with Gasteiger partial charge in [0, 0.05) is 19.1 Å². The number of aromatic nitrogens is 1. The Kier molecular flexibility index (Phi) is 2.45. The highest BCUT2D eigenvalue weighted by Crippen LogP contribution is 2.11. The Morgan fingerprint density at radius 2 is 2.60 bits per heavy atom. The lowest BCUT2D eigenvalue weighted by molar-refractivity contribution is 0.181. The predicted molar refractivity (Wildman–Crippen MR) is 36.8 cm³/mol. The van der Waals surface area contributed by atoms with Gasteiger partial charge in [0.2, 0.25) is 0 Å². The molecule has 1 aromatic rings. The van der Waals surface area contributed by atoms with E-state index in [1.165, 1.54) is 0 Å². The van der Waals surface area contributed by atoms with Gasteiger partial charge in [0.25, 0.3) is 0 Å². The smallest absolute Gasteiger partial charge is 0.124 e. The summed E-state index contributed by atoms with van der Waals surface area (Å²) in [6.45, 7) is 2.73. The fraction of sp³-hybridized carbons (Fsp3) is 0.571. The zero-order chi connectivity index (χ0) is 7.40. The van der Waals surface area contributed by atoms with Crippen LogP contribution in [0.1, 0.15) is 18.5 Å². The van der Waals surface area contributed by atoms with Crippen molar-refractivity contribution in [2.75, 3.05) is 13.7 Å². The van der Waals surface area contributed by atoms with Crippen LogP contribution < -0.4 is 0 Å². The van der Waals surface area contributed by atoms with Crippen molar-refractivity contribution in [1.29, 1.82) is 0 Å². The van der Waals surface area contributed by atoms with Crippen molar-refractivity contribution in [3.05, 3.63) is 18.0 Å². The van der Waals surface area contributed by atoms with Crippen LogP contribution in [0.2, 0.25) is 0 Å². The third-order valence-corrected chi connectivity index (χ3v) is 1.38. The topological polar surface area (TPSA) is 35.3 Å². The van der Waals surface area contributed by atoms with Crippen LogP contribution in [0.3, 0.4) is 0 Å². The number of ether oxygens (including phenoxy) is 1. The summed E-state index contributed by atoms with van der Waals surface area (Å²) in [6, 6.07) is 1.85. The first-order chi connectivity index (χ1) is 4.84. The summed E-state index contributed by atoms with van der Waals surface area (Å²) >= 11 is 0. The molecule has 1 rings (SSSR count). The van der Waals surface area contributed by atoms with Crippen molar-refractivity contribution in [2.24, 2.45) is 0 Å². The zero-order valence-corrected chi connectivity index (χ0v) is 6.20. The normalized spacial score (nSPS) is 13.4. The van der Waals surface area contributed by atoms with E-state index in [-0.39, 0.29) is 0 Å². The van der Waals surface area contributed by atoms with Crippen LogP contribution in [-0.4, -0.2) is 18.9 Å². The molecule has 0 aliphatic carbocycles. The van der Waals surface area contributed by atoms with Gasteiger partial charge in [-0.25, -0.2) is 0 Å². The molecule has 10 heavy (non-hydrogen) atoms. The van der Waals surface area contributed by atoms with E-state index in [9.17, 15) is 0 Å². The molecule has 3 heteroatoms. The van der Waals surface area contributed by atoms with E-state index in [4.69, 9.17) is 4.74 Å². The fourth-order valence-electron chi connectivity index (χ4n) is 0.811. The molecule has 0 aliphatic heterocycles. The van der Waals surface area contributed by atoms with Crippen LogP contribution in [0.5, 0.6) is 0 Å². The minimum absolute atomic E-state index is 0.323. The SMILES string of the molecule is COCC(C)c1ccon1. The molecule has 1 unspecified atom stereocenters. The summed E-state index contributed by atoms with van der Waals surface area (Å²) in [5.74, 6) is 0.323. The van der Waals surface area contributed by atoms with Crippen LogP contribution >= 0.6 is 0 Å². The monoisotopic (exact) mass is 141 g/mol. The molecule has 0 fully saturated rings. The average molecular weight is 141 g/mol. The maximum Gasteiger partial charge on any atom is 0.124 e. The molecule has 0 aromatic carbocycles. The van der Waals surface area contributed by atoms with Gasteiger partial charge < -0.3 is 9.26 Å². The molecule has 3 nitrogen and oxygen atoms in total. The molecule has 0 aliphatic rings. The van der Waals surface area contributed by atoms with Crippen LogP contribution in [0.4, 0.5) is 0 Å². The van der Waals surface area contributed by atoms with E-state index >= 15 is 0 Å². The molecule has 0 spiro atoms. The standard InChI is InChI=1S/C7H11NO2/c1-6(5-9-2)7-3-4-10-8-7/h3-4,6H,5H2,1-2H3. The first-order valence-corrected chi connectivity index (χ1v) is 3.24. The molecule has 0 saturated heterocycles. The van der Waals surface area contributed by atoms with Crippen LogP contribution in [0.15, 0.2) is 16.9 Å². The number of nitrogens with zero attached hydrogens (tertiary/aromatic N) is 1. The molecule has 0 N–H and O–H groups in total. The van der Waals surface area contributed by atoms with Gasteiger partial charge in [0.1, 0.15) is 6.26 Å². The van der Waals surface area contributed by atoms with Crippen LogP contribution in [0.25, 0.3) is 0 Å². The number of hydrogen-bond acceptors (Lipinski definition) is 3. The van der Waals surface area contributed by atoms with Gasteiger partial charge in [-0.15, -0.1) is 0 Å². The second-order valence-corrected chi connectivity index (χ2v) is 2.28. The summed E-state index contributed by atoms with van der Waals surface area (Å²) in [5.41, 5.74) is 0.946. The zero-order valence-electron chi connectivity index (χ0n) is 6.20. The fourth-order valence-corrected chi connectivity index (χ4v) is 0.811. The Labute approximate surface area is 60.0 Å². The van der Waals surface area contributed by atoms with Gasteiger partial charge in [0.05, 0.1) is 12.3 Å². The molecule has 0 radical (unpaired) electrons. The summed E-state index contributed by atoms with van der Waals surface area (Å²) in [7, 11) is 1.68. The van der Waals surface area contributed by atoms with Gasteiger partial charge in [0.15, 0.2) is 0 Å². The molecular weight excluding hydrogens is 130 g/mol. The van der Waals surface area contributed by atoms with Crippen LogP contribution in [-0.2, 0) is 4.74 Å². The Balaban J connectivity index is 2.50. The van der Waals surface area contributed by atoms with Gasteiger partial charge in [-0.2, -0.15) is 0 Å². The second kappa shape index (κ2) is 3.37. The maximum absolute atomic E-state index is 4.95. The van der Waals surface area contributed by atoms with Crippen LogP contribution in [0, 0.1) is 0 Å². The summed E-state index contributed by atoms with van der Waals surface area (Å²) < 4.78 is 9.62. The number of rotatable bonds is 3. The lowest BCUT2D eigenvalue weighted by Crippen LogP contribution is -2.01. The molecule has 0 amide bonds. The largest absolute Gasteiger partial charge is 0.384 e. The Bertz CT molecular complexity index is 172. The van der Waals surface area contributed by atoms with Gasteiger partial charge in [-0.3, -0.25) is 0 Å². The molecule has 0 saturated carbocycles. The highest BCUT2D eigenvalue weighted by atomic mass is 16.5.